The number of rotatable bonds is 38. The zero-order chi connectivity index (χ0) is 105. The molecular formula is C116H150F6O20. The molecule has 10 atom stereocenters. The molecule has 4 heterocycles. The van der Waals surface area contributed by atoms with Crippen LogP contribution in [0.1, 0.15) is 442 Å². The number of hydrogen-bond acceptors (Lipinski definition) is 20. The number of aliphatic hydroxyl groups excluding tert-OH is 4. The van der Waals surface area contributed by atoms with Crippen LogP contribution in [0.3, 0.4) is 0 Å². The predicted molar refractivity (Wildman–Crippen MR) is 537 cm³/mol. The first kappa shape index (κ1) is 118. The van der Waals surface area contributed by atoms with Crippen LogP contribution in [-0.2, 0) is 37.9 Å². The molecule has 776 valence electrons. The number of esters is 8. The Balaban J connectivity index is 0.000000220. The number of carbonyl (C=O) groups excluding carboxylic acids is 8. The minimum absolute atomic E-state index is 0.00495. The second-order valence-electron chi connectivity index (χ2n) is 38.7. The summed E-state index contributed by atoms with van der Waals surface area (Å²) >= 11 is 0. The Bertz CT molecular complexity index is 5430. The Morgan fingerprint density at radius 1 is 0.324 bits per heavy atom. The molecule has 2 aliphatic carbocycles. The molecule has 10 unspecified atom stereocenters. The van der Waals surface area contributed by atoms with Gasteiger partial charge in [-0.15, -0.1) is 0 Å². The molecule has 8 aromatic rings. The van der Waals surface area contributed by atoms with Gasteiger partial charge >= 0.3 is 47.8 Å². The van der Waals surface area contributed by atoms with Gasteiger partial charge in [0.15, 0.2) is 0 Å². The first-order valence-corrected chi connectivity index (χ1v) is 50.1. The quantitative estimate of drug-likeness (QED) is 0.0121. The summed E-state index contributed by atoms with van der Waals surface area (Å²) in [4.78, 5) is 93.3. The van der Waals surface area contributed by atoms with E-state index in [1.165, 1.54) is 80.3 Å². The number of benzene rings is 8. The average molecular weight is 1980 g/mol. The third-order valence-electron chi connectivity index (χ3n) is 25.5. The topological polar surface area (TPSA) is 291 Å². The maximum atomic E-state index is 12.7. The maximum absolute atomic E-state index is 12.7. The Hall–Kier alpha value is -11.1. The highest BCUT2D eigenvalue weighted by Crippen LogP contribution is 2.44. The van der Waals surface area contributed by atoms with Crippen molar-refractivity contribution in [2.75, 3.05) is 28.4 Å². The third kappa shape index (κ3) is 38.9. The van der Waals surface area contributed by atoms with Gasteiger partial charge in [-0.05, 0) is 275 Å². The summed E-state index contributed by atoms with van der Waals surface area (Å²) in [7, 11) is 5.30. The van der Waals surface area contributed by atoms with Crippen LogP contribution >= 0.6 is 0 Å². The second-order valence-corrected chi connectivity index (χ2v) is 38.7. The molecule has 4 N–H and O–H groups in total. The molecule has 0 aromatic heterocycles. The van der Waals surface area contributed by atoms with Gasteiger partial charge in [0.1, 0.15) is 24.4 Å². The molecular weight excluding hydrogens is 1830 g/mol. The van der Waals surface area contributed by atoms with E-state index in [0.717, 1.165) is 161 Å². The molecule has 0 bridgehead atoms. The summed E-state index contributed by atoms with van der Waals surface area (Å²) in [6, 6.07) is 44.7. The fourth-order valence-electron chi connectivity index (χ4n) is 17.1. The molecule has 4 aliphatic heterocycles. The standard InChI is InChI=1S/C15H20F2O3.C15H21FO3.C15H20O3.C15H22O3.C14H16F2O2.C14H17FO2.C14H16O2.C14H18O2/c1-10-6-7-11(12(9-10)14(19)20-3)13(18)5-4-8-15(2,16)17;1-10-7-8-12(13(9-10)15(18)19-3)14(17)6-4-5-11(2)16;1-10-3-7-12(13(9-10)15(17)18-2)14(16)8-6-11-4-5-11;1-4-5-6-7-14(16)12-9-8-11(2)10-13(12)15(17)18-3;1-9-5-6-10-11(8-9)13(17)18-12(10)4-3-7-14(2,15)16;1-9-6-7-11-12(8-9)14(16)17-13(11)5-3-4-10(2)15;1-9-2-6-11-12(8-9)14(15)16-13(11)7-5-10-3-4-10;1-3-4-5-6-13-11-8-7-10(2)9-12(11)14(15)16-13/h6-7,9,13,18H,4-5,8H2,1-3H3;7-9,11,14,17H,4-6H2,1-3H3;3,7,9,11,14,16H,4-6,8H2,1-2H3;8-10,14,16H,4-7H2,1-3H3;5-6,8,12H,3-4,7H2,1-2H3;6-8,10,13H,3-5H2,1-2H3;2,6,8,10,13H,3-5,7H2,1H3;7-9,13H,3-6H2,1-2H3. The van der Waals surface area contributed by atoms with Crippen molar-refractivity contribution < 1.29 is 123 Å². The average Bonchev–Trinajstić information content (AvgIpc) is 1.65. The number of methoxy groups -OCH3 is 4. The van der Waals surface area contributed by atoms with Gasteiger partial charge in [-0.25, -0.2) is 64.7 Å². The van der Waals surface area contributed by atoms with Gasteiger partial charge < -0.3 is 58.3 Å². The predicted octanol–water partition coefficient (Wildman–Crippen LogP) is 28.3. The van der Waals surface area contributed by atoms with E-state index in [2.05, 4.69) is 24.7 Å². The normalized spacial score (nSPS) is 16.8. The van der Waals surface area contributed by atoms with Crippen LogP contribution in [0.15, 0.2) is 146 Å². The van der Waals surface area contributed by atoms with Crippen molar-refractivity contribution in [3.05, 3.63) is 279 Å². The highest BCUT2D eigenvalue weighted by Gasteiger charge is 2.37. The van der Waals surface area contributed by atoms with E-state index in [0.29, 0.717) is 101 Å². The van der Waals surface area contributed by atoms with Crippen LogP contribution in [-0.4, -0.2) is 121 Å². The molecule has 2 saturated carbocycles. The lowest BCUT2D eigenvalue weighted by Gasteiger charge is -2.16. The van der Waals surface area contributed by atoms with E-state index < -0.39 is 60.5 Å². The summed E-state index contributed by atoms with van der Waals surface area (Å²) in [5, 5.41) is 40.6. The van der Waals surface area contributed by atoms with E-state index in [4.69, 9.17) is 33.2 Å². The van der Waals surface area contributed by atoms with Gasteiger partial charge in [0, 0.05) is 35.1 Å². The van der Waals surface area contributed by atoms with Gasteiger partial charge in [0.25, 0.3) is 0 Å². The van der Waals surface area contributed by atoms with Crippen LogP contribution in [0, 0.1) is 67.2 Å². The van der Waals surface area contributed by atoms with Gasteiger partial charge in [-0.2, -0.15) is 0 Å². The number of carbonyl (C=O) groups is 8. The van der Waals surface area contributed by atoms with Gasteiger partial charge in [-0.1, -0.05) is 213 Å². The van der Waals surface area contributed by atoms with Crippen molar-refractivity contribution in [2.45, 2.75) is 350 Å². The van der Waals surface area contributed by atoms with E-state index in [1.54, 1.807) is 55.5 Å². The zero-order valence-corrected chi connectivity index (χ0v) is 86.2. The first-order chi connectivity index (χ1) is 67.3. The van der Waals surface area contributed by atoms with Crippen molar-refractivity contribution in [1.82, 2.24) is 0 Å². The van der Waals surface area contributed by atoms with E-state index >= 15 is 0 Å². The van der Waals surface area contributed by atoms with E-state index in [-0.39, 0.29) is 91.5 Å². The monoisotopic (exact) mass is 1980 g/mol. The van der Waals surface area contributed by atoms with Crippen LogP contribution < -0.4 is 0 Å². The first-order valence-electron chi connectivity index (χ1n) is 50.1. The number of ether oxygens (including phenoxy) is 8. The molecule has 0 radical (unpaired) electrons. The lowest BCUT2D eigenvalue weighted by molar-refractivity contribution is 0.00423. The molecule has 20 nitrogen and oxygen atoms in total. The van der Waals surface area contributed by atoms with Crippen LogP contribution in [0.2, 0.25) is 0 Å². The number of fused-ring (bicyclic) bond motifs is 4. The SMILES string of the molecule is CCCCCC(O)c1ccc(C)cc1C(=O)OC.CCCCCC1OC(=O)c2cc(C)ccc21.COC(=O)c1cc(C)ccc1C(O)CCC1CC1.COC(=O)c1cc(C)ccc1C(O)CCCC(C)(F)F.COC(=O)c1cc(C)ccc1C(O)CCCC(C)F.Cc1ccc2c(c1)C(=O)OC2CCC1CC1.Cc1ccc2c(c1)C(=O)OC2CCCC(C)(F)F.Cc1ccc2c(c1)C(=O)OC2CCCC(C)F. The van der Waals surface area contributed by atoms with Crippen molar-refractivity contribution in [3.63, 3.8) is 0 Å². The van der Waals surface area contributed by atoms with Crippen molar-refractivity contribution >= 4 is 47.8 Å². The Morgan fingerprint density at radius 2 is 0.577 bits per heavy atom. The molecule has 14 rings (SSSR count). The fourth-order valence-corrected chi connectivity index (χ4v) is 17.1. The van der Waals surface area contributed by atoms with Crippen LogP contribution in [0.5, 0.6) is 0 Å². The summed E-state index contributed by atoms with van der Waals surface area (Å²) in [6.45, 7) is 24.5. The summed E-state index contributed by atoms with van der Waals surface area (Å²) < 4.78 is 117. The summed E-state index contributed by atoms with van der Waals surface area (Å²) in [5.41, 5.74) is 18.7. The number of alkyl halides is 6. The summed E-state index contributed by atoms with van der Waals surface area (Å²) in [6.07, 6.45) is 16.6. The smallest absolute Gasteiger partial charge is 0.339 e. The van der Waals surface area contributed by atoms with E-state index in [9.17, 15) is 85.1 Å². The van der Waals surface area contributed by atoms with Crippen molar-refractivity contribution in [3.8, 4) is 0 Å². The lowest BCUT2D eigenvalue weighted by atomic mass is 9.96. The molecule has 0 amide bonds. The number of halogens is 6. The molecule has 0 spiro atoms. The number of cyclic esters (lactones) is 4. The highest BCUT2D eigenvalue weighted by molar-refractivity contribution is 5.97. The Kier molecular flexibility index (Phi) is 48.2. The number of unbranched alkanes of at least 4 members (excludes halogenated alkanes) is 4. The highest BCUT2D eigenvalue weighted by atomic mass is 19.3. The second kappa shape index (κ2) is 58.0. The lowest BCUT2D eigenvalue weighted by Crippen LogP contribution is -2.12. The molecule has 2 fully saturated rings. The molecule has 0 saturated heterocycles. The zero-order valence-electron chi connectivity index (χ0n) is 86.2. The molecule has 142 heavy (non-hydrogen) atoms. The summed E-state index contributed by atoms with van der Waals surface area (Å²) in [5.74, 6) is -6.36. The van der Waals surface area contributed by atoms with Crippen molar-refractivity contribution in [2.24, 2.45) is 11.8 Å². The molecule has 8 aromatic carbocycles. The van der Waals surface area contributed by atoms with Gasteiger partial charge in [0.05, 0.1) is 110 Å². The third-order valence-corrected chi connectivity index (χ3v) is 25.5. The van der Waals surface area contributed by atoms with Crippen molar-refractivity contribution in [1.29, 1.82) is 0 Å². The minimum atomic E-state index is -2.74. The van der Waals surface area contributed by atoms with Crippen LogP contribution in [0.25, 0.3) is 0 Å². The number of hydrogen-bond donors (Lipinski definition) is 4. The maximum Gasteiger partial charge on any atom is 0.339 e. The fraction of sp³-hybridized carbons (Fsp3) is 0.517. The number of aryl methyl sites for hydroxylation is 8. The largest absolute Gasteiger partial charge is 0.465 e. The van der Waals surface area contributed by atoms with Gasteiger partial charge in [0.2, 0.25) is 11.8 Å². The molecule has 26 heteroatoms. The Labute approximate surface area is 835 Å². The minimum Gasteiger partial charge on any atom is -0.465 e. The van der Waals surface area contributed by atoms with Crippen LogP contribution in [0.4, 0.5) is 26.3 Å². The number of aliphatic hydroxyl groups is 4. The van der Waals surface area contributed by atoms with E-state index in [1.807, 2.05) is 146 Å². The molecule has 6 aliphatic rings. The van der Waals surface area contributed by atoms with Gasteiger partial charge in [-0.3, -0.25) is 0 Å². The Morgan fingerprint density at radius 3 is 0.880 bits per heavy atom.